The average molecular weight is 395 g/mol. The Kier molecular flexibility index (Phi) is 4.82. The first-order chi connectivity index (χ1) is 11.8. The van der Waals surface area contributed by atoms with Gasteiger partial charge < -0.3 is 4.57 Å². The van der Waals surface area contributed by atoms with Crippen LogP contribution in [0, 0.1) is 13.8 Å². The van der Waals surface area contributed by atoms with Gasteiger partial charge in [0.25, 0.3) is 10.0 Å². The molecular weight excluding hydrogens is 379 g/mol. The molecule has 0 aliphatic rings. The highest BCUT2D eigenvalue weighted by atomic mass is 35.5. The fraction of sp³-hybridized carbons (Fsp3) is 0.111. The minimum Gasteiger partial charge on any atom is -0.319 e. The molecule has 0 radical (unpaired) electrons. The third-order valence-electron chi connectivity index (χ3n) is 3.79. The predicted molar refractivity (Wildman–Crippen MR) is 103 cm³/mol. The standard InChI is InChI=1S/C18H16Cl2N2O2S/c1-12-3-4-13(2)22(12)17-5-7-18(8-6-17)25(23,24)21-16-10-14(19)9-15(20)11-16/h3-11,21H,1-2H3. The quantitative estimate of drug-likeness (QED) is 0.660. The van der Waals surface area contributed by atoms with Gasteiger partial charge in [-0.15, -0.1) is 0 Å². The second-order valence-electron chi connectivity index (χ2n) is 5.71. The van der Waals surface area contributed by atoms with Crippen molar-refractivity contribution in [2.75, 3.05) is 4.72 Å². The molecule has 0 atom stereocenters. The van der Waals surface area contributed by atoms with Crippen LogP contribution in [0.25, 0.3) is 5.69 Å². The third kappa shape index (κ3) is 3.84. The summed E-state index contributed by atoms with van der Waals surface area (Å²) < 4.78 is 29.6. The van der Waals surface area contributed by atoms with E-state index in [0.717, 1.165) is 17.1 Å². The Bertz CT molecular complexity index is 986. The van der Waals surface area contributed by atoms with Crippen molar-refractivity contribution >= 4 is 38.9 Å². The largest absolute Gasteiger partial charge is 0.319 e. The molecule has 4 nitrogen and oxygen atoms in total. The molecule has 3 aromatic rings. The number of sulfonamides is 1. The van der Waals surface area contributed by atoms with Gasteiger partial charge in [-0.2, -0.15) is 0 Å². The molecule has 0 spiro atoms. The summed E-state index contributed by atoms with van der Waals surface area (Å²) in [6, 6.07) is 15.3. The van der Waals surface area contributed by atoms with Crippen molar-refractivity contribution in [3.8, 4) is 5.69 Å². The number of benzene rings is 2. The summed E-state index contributed by atoms with van der Waals surface area (Å²) in [4.78, 5) is 0.162. The van der Waals surface area contributed by atoms with Gasteiger partial charge in [0.05, 0.1) is 10.6 Å². The van der Waals surface area contributed by atoms with E-state index in [1.165, 1.54) is 18.2 Å². The average Bonchev–Trinajstić information content (AvgIpc) is 2.85. The fourth-order valence-corrected chi connectivity index (χ4v) is 4.24. The van der Waals surface area contributed by atoms with Crippen molar-refractivity contribution in [3.63, 3.8) is 0 Å². The highest BCUT2D eigenvalue weighted by molar-refractivity contribution is 7.92. The lowest BCUT2D eigenvalue weighted by molar-refractivity contribution is 0.601. The lowest BCUT2D eigenvalue weighted by Gasteiger charge is -2.12. The topological polar surface area (TPSA) is 51.1 Å². The van der Waals surface area contributed by atoms with E-state index in [0.29, 0.717) is 15.7 Å². The molecule has 0 unspecified atom stereocenters. The van der Waals surface area contributed by atoms with Gasteiger partial charge >= 0.3 is 0 Å². The number of halogens is 2. The first-order valence-electron chi connectivity index (χ1n) is 7.50. The molecule has 0 aliphatic heterocycles. The molecule has 0 amide bonds. The number of rotatable bonds is 4. The second kappa shape index (κ2) is 6.75. The van der Waals surface area contributed by atoms with Crippen LogP contribution >= 0.6 is 23.2 Å². The number of aromatic nitrogens is 1. The van der Waals surface area contributed by atoms with Gasteiger partial charge in [-0.05, 0) is 68.4 Å². The summed E-state index contributed by atoms with van der Waals surface area (Å²) in [5.41, 5.74) is 3.39. The summed E-state index contributed by atoms with van der Waals surface area (Å²) in [7, 11) is -3.73. The zero-order valence-corrected chi connectivity index (χ0v) is 16.0. The van der Waals surface area contributed by atoms with Crippen LogP contribution in [0.3, 0.4) is 0 Å². The van der Waals surface area contributed by atoms with Crippen LogP contribution in [-0.2, 0) is 10.0 Å². The van der Waals surface area contributed by atoms with Crippen LogP contribution < -0.4 is 4.72 Å². The number of nitrogens with one attached hydrogen (secondary N) is 1. The Balaban J connectivity index is 1.90. The van der Waals surface area contributed by atoms with Crippen LogP contribution in [0.1, 0.15) is 11.4 Å². The van der Waals surface area contributed by atoms with Crippen LogP contribution in [0.5, 0.6) is 0 Å². The minimum atomic E-state index is -3.73. The van der Waals surface area contributed by atoms with Gasteiger partial charge in [0.1, 0.15) is 0 Å². The molecule has 0 bridgehead atoms. The molecule has 1 aromatic heterocycles. The van der Waals surface area contributed by atoms with Crippen LogP contribution in [0.4, 0.5) is 5.69 Å². The van der Waals surface area contributed by atoms with Crippen molar-refractivity contribution in [1.82, 2.24) is 4.57 Å². The molecule has 7 heteroatoms. The van der Waals surface area contributed by atoms with Crippen molar-refractivity contribution in [1.29, 1.82) is 0 Å². The van der Waals surface area contributed by atoms with Gasteiger partial charge in [0.2, 0.25) is 0 Å². The number of hydrogen-bond donors (Lipinski definition) is 1. The molecule has 2 aromatic carbocycles. The van der Waals surface area contributed by atoms with Gasteiger partial charge in [-0.25, -0.2) is 8.42 Å². The van der Waals surface area contributed by atoms with Crippen LogP contribution in [0.15, 0.2) is 59.5 Å². The molecule has 130 valence electrons. The maximum absolute atomic E-state index is 12.6. The van der Waals surface area contributed by atoms with Gasteiger partial charge in [0, 0.05) is 27.1 Å². The van der Waals surface area contributed by atoms with E-state index in [1.54, 1.807) is 24.3 Å². The van der Waals surface area contributed by atoms with Crippen molar-refractivity contribution < 1.29 is 8.42 Å². The van der Waals surface area contributed by atoms with Crippen LogP contribution in [0.2, 0.25) is 10.0 Å². The Morgan fingerprint density at radius 1 is 0.840 bits per heavy atom. The Labute approximate surface area is 157 Å². The zero-order chi connectivity index (χ0) is 18.2. The number of aryl methyl sites for hydroxylation is 2. The van der Waals surface area contributed by atoms with Crippen LogP contribution in [-0.4, -0.2) is 13.0 Å². The molecule has 0 saturated heterocycles. The van der Waals surface area contributed by atoms with Crippen molar-refractivity contribution in [2.45, 2.75) is 18.7 Å². The third-order valence-corrected chi connectivity index (χ3v) is 5.62. The highest BCUT2D eigenvalue weighted by Gasteiger charge is 2.15. The Morgan fingerprint density at radius 3 is 1.88 bits per heavy atom. The summed E-state index contributed by atoms with van der Waals surface area (Å²) in [6.45, 7) is 4.00. The first-order valence-corrected chi connectivity index (χ1v) is 9.74. The molecule has 3 rings (SSSR count). The molecule has 0 aliphatic carbocycles. The first kappa shape index (κ1) is 17.9. The van der Waals surface area contributed by atoms with E-state index in [9.17, 15) is 8.42 Å². The zero-order valence-electron chi connectivity index (χ0n) is 13.6. The number of hydrogen-bond acceptors (Lipinski definition) is 2. The SMILES string of the molecule is Cc1ccc(C)n1-c1ccc(S(=O)(=O)Nc2cc(Cl)cc(Cl)c2)cc1. The van der Waals surface area contributed by atoms with Crippen molar-refractivity contribution in [2.24, 2.45) is 0 Å². The summed E-state index contributed by atoms with van der Waals surface area (Å²) >= 11 is 11.8. The van der Waals surface area contributed by atoms with Gasteiger partial charge in [-0.1, -0.05) is 23.2 Å². The monoisotopic (exact) mass is 394 g/mol. The smallest absolute Gasteiger partial charge is 0.261 e. The fourth-order valence-electron chi connectivity index (χ4n) is 2.68. The van der Waals surface area contributed by atoms with E-state index in [2.05, 4.69) is 9.29 Å². The Morgan fingerprint density at radius 2 is 1.36 bits per heavy atom. The molecule has 25 heavy (non-hydrogen) atoms. The lowest BCUT2D eigenvalue weighted by atomic mass is 10.3. The highest BCUT2D eigenvalue weighted by Crippen LogP contribution is 2.25. The number of anilines is 1. The van der Waals surface area contributed by atoms with E-state index >= 15 is 0 Å². The second-order valence-corrected chi connectivity index (χ2v) is 8.26. The lowest BCUT2D eigenvalue weighted by Crippen LogP contribution is -2.13. The minimum absolute atomic E-state index is 0.162. The molecule has 1 heterocycles. The normalized spacial score (nSPS) is 11.5. The maximum Gasteiger partial charge on any atom is 0.261 e. The van der Waals surface area contributed by atoms with E-state index in [1.807, 2.05) is 26.0 Å². The van der Waals surface area contributed by atoms with E-state index in [-0.39, 0.29) is 4.90 Å². The summed E-state index contributed by atoms with van der Waals surface area (Å²) in [5.74, 6) is 0. The maximum atomic E-state index is 12.6. The predicted octanol–water partition coefficient (Wildman–Crippen LogP) is 5.20. The molecule has 0 saturated carbocycles. The van der Waals surface area contributed by atoms with Gasteiger partial charge in [0.15, 0.2) is 0 Å². The van der Waals surface area contributed by atoms with E-state index < -0.39 is 10.0 Å². The number of nitrogens with zero attached hydrogens (tertiary/aromatic N) is 1. The summed E-state index contributed by atoms with van der Waals surface area (Å²) in [5, 5.41) is 0.721. The molecule has 0 fully saturated rings. The van der Waals surface area contributed by atoms with Crippen molar-refractivity contribution in [3.05, 3.63) is 76.0 Å². The Hall–Kier alpha value is -1.95. The molecule has 1 N–H and O–H groups in total. The van der Waals surface area contributed by atoms with E-state index in [4.69, 9.17) is 23.2 Å². The summed E-state index contributed by atoms with van der Waals surface area (Å²) in [6.07, 6.45) is 0. The van der Waals surface area contributed by atoms with Gasteiger partial charge in [-0.3, -0.25) is 4.72 Å². The molecular formula is C18H16Cl2N2O2S.